The fraction of sp³-hybridized carbons (Fsp3) is 0.800. The van der Waals surface area contributed by atoms with Crippen molar-refractivity contribution in [2.45, 2.75) is 57.9 Å². The van der Waals surface area contributed by atoms with E-state index in [-0.39, 0.29) is 0 Å². The van der Waals surface area contributed by atoms with Crippen LogP contribution in [0, 0.1) is 0 Å². The van der Waals surface area contributed by atoms with E-state index in [4.69, 9.17) is 4.74 Å². The van der Waals surface area contributed by atoms with E-state index in [2.05, 4.69) is 17.3 Å². The Kier molecular flexibility index (Phi) is 7.56. The van der Waals surface area contributed by atoms with E-state index in [1.54, 1.807) is 13.3 Å². The topological polar surface area (TPSA) is 39.1 Å². The number of ether oxygens (including phenoxy) is 1. The molecule has 1 heterocycles. The summed E-state index contributed by atoms with van der Waals surface area (Å²) in [5, 5.41) is 7.66. The van der Waals surface area contributed by atoms with Gasteiger partial charge in [-0.3, -0.25) is 4.68 Å². The summed E-state index contributed by atoms with van der Waals surface area (Å²) in [5.74, 6) is 0.882. The first-order chi connectivity index (χ1) is 9.24. The van der Waals surface area contributed by atoms with E-state index >= 15 is 0 Å². The van der Waals surface area contributed by atoms with Crippen LogP contribution in [0.5, 0.6) is 5.75 Å². The highest BCUT2D eigenvalue weighted by molar-refractivity contribution is 5.28. The van der Waals surface area contributed by atoms with Crippen LogP contribution in [0.25, 0.3) is 0 Å². The molecule has 0 saturated heterocycles. The normalized spacial score (nSPS) is 12.6. The fourth-order valence-electron chi connectivity index (χ4n) is 2.53. The maximum absolute atomic E-state index is 5.39. The second-order valence-electron chi connectivity index (χ2n) is 5.12. The molecule has 110 valence electrons. The highest BCUT2D eigenvalue weighted by Gasteiger charge is 2.18. The molecule has 4 heteroatoms. The van der Waals surface area contributed by atoms with E-state index in [1.165, 1.54) is 38.5 Å². The van der Waals surface area contributed by atoms with Gasteiger partial charge in [0.2, 0.25) is 0 Å². The number of aryl methyl sites for hydroxylation is 1. The van der Waals surface area contributed by atoms with Crippen LogP contribution in [0.4, 0.5) is 0 Å². The van der Waals surface area contributed by atoms with Crippen molar-refractivity contribution in [3.8, 4) is 5.75 Å². The van der Waals surface area contributed by atoms with Crippen molar-refractivity contribution in [2.75, 3.05) is 14.2 Å². The van der Waals surface area contributed by atoms with Crippen LogP contribution in [0.15, 0.2) is 6.20 Å². The Morgan fingerprint density at radius 2 is 1.95 bits per heavy atom. The van der Waals surface area contributed by atoms with Gasteiger partial charge < -0.3 is 10.1 Å². The molecule has 1 N–H and O–H groups in total. The number of nitrogens with zero attached hydrogens (tertiary/aromatic N) is 2. The first-order valence-corrected chi connectivity index (χ1v) is 7.47. The third-order valence-corrected chi connectivity index (χ3v) is 3.69. The highest BCUT2D eigenvalue weighted by atomic mass is 16.5. The van der Waals surface area contributed by atoms with Crippen molar-refractivity contribution in [2.24, 2.45) is 7.05 Å². The molecule has 19 heavy (non-hydrogen) atoms. The minimum Gasteiger partial charge on any atom is -0.493 e. The number of aromatic nitrogens is 2. The Bertz CT molecular complexity index is 349. The quantitative estimate of drug-likeness (QED) is 0.660. The molecule has 1 aromatic rings. The molecule has 0 aliphatic rings. The van der Waals surface area contributed by atoms with E-state index in [0.717, 1.165) is 17.9 Å². The average Bonchev–Trinajstić information content (AvgIpc) is 2.79. The number of methoxy groups -OCH3 is 1. The minimum absolute atomic E-state index is 0.327. The van der Waals surface area contributed by atoms with Crippen LogP contribution in [-0.4, -0.2) is 23.9 Å². The summed E-state index contributed by atoms with van der Waals surface area (Å²) in [6, 6.07) is 0.327. The number of unbranched alkanes of at least 4 members (excludes halogenated alkanes) is 5. The number of rotatable bonds is 10. The lowest BCUT2D eigenvalue weighted by atomic mass is 10.0. The molecule has 1 rings (SSSR count). The molecule has 1 unspecified atom stereocenters. The van der Waals surface area contributed by atoms with E-state index in [0.29, 0.717) is 6.04 Å². The molecule has 0 saturated carbocycles. The van der Waals surface area contributed by atoms with Crippen molar-refractivity contribution in [3.63, 3.8) is 0 Å². The summed E-state index contributed by atoms with van der Waals surface area (Å²) in [6.45, 7) is 2.26. The van der Waals surface area contributed by atoms with Crippen molar-refractivity contribution in [1.29, 1.82) is 0 Å². The Morgan fingerprint density at radius 1 is 1.26 bits per heavy atom. The zero-order chi connectivity index (χ0) is 14.1. The predicted molar refractivity (Wildman–Crippen MR) is 79.6 cm³/mol. The Hall–Kier alpha value is -1.03. The third-order valence-electron chi connectivity index (χ3n) is 3.69. The van der Waals surface area contributed by atoms with E-state index < -0.39 is 0 Å². The second-order valence-corrected chi connectivity index (χ2v) is 5.12. The fourth-order valence-corrected chi connectivity index (χ4v) is 2.53. The summed E-state index contributed by atoms with van der Waals surface area (Å²) in [7, 11) is 5.69. The van der Waals surface area contributed by atoms with Crippen LogP contribution in [0.2, 0.25) is 0 Å². The predicted octanol–water partition coefficient (Wildman–Crippen LogP) is 3.44. The van der Waals surface area contributed by atoms with Gasteiger partial charge in [0.15, 0.2) is 5.75 Å². The molecule has 0 aromatic carbocycles. The molecule has 0 aliphatic carbocycles. The minimum atomic E-state index is 0.327. The van der Waals surface area contributed by atoms with Crippen molar-refractivity contribution in [3.05, 3.63) is 11.9 Å². The molecule has 0 aliphatic heterocycles. The Labute approximate surface area is 117 Å². The maximum Gasteiger partial charge on any atom is 0.161 e. The summed E-state index contributed by atoms with van der Waals surface area (Å²) in [6.07, 6.45) is 10.9. The maximum atomic E-state index is 5.39. The highest BCUT2D eigenvalue weighted by Crippen LogP contribution is 2.27. The zero-order valence-electron chi connectivity index (χ0n) is 12.9. The summed E-state index contributed by atoms with van der Waals surface area (Å²) in [5.41, 5.74) is 1.15. The monoisotopic (exact) mass is 267 g/mol. The van der Waals surface area contributed by atoms with Crippen LogP contribution < -0.4 is 10.1 Å². The third kappa shape index (κ3) is 4.86. The van der Waals surface area contributed by atoms with E-state index in [9.17, 15) is 0 Å². The van der Waals surface area contributed by atoms with Gasteiger partial charge >= 0.3 is 0 Å². The lowest BCUT2D eigenvalue weighted by Gasteiger charge is -2.17. The lowest BCUT2D eigenvalue weighted by Crippen LogP contribution is -2.20. The van der Waals surface area contributed by atoms with Crippen LogP contribution in [-0.2, 0) is 7.05 Å². The van der Waals surface area contributed by atoms with Gasteiger partial charge in [0.25, 0.3) is 0 Å². The van der Waals surface area contributed by atoms with Crippen molar-refractivity contribution < 1.29 is 4.74 Å². The molecule has 4 nitrogen and oxygen atoms in total. The number of nitrogens with one attached hydrogen (secondary N) is 1. The largest absolute Gasteiger partial charge is 0.493 e. The molecular formula is C15H29N3O. The molecular weight excluding hydrogens is 238 g/mol. The number of hydrogen-bond acceptors (Lipinski definition) is 3. The Balaban J connectivity index is 2.42. The first kappa shape index (κ1) is 16.0. The molecule has 0 spiro atoms. The SMILES string of the molecule is CCCCCCCCC(NC)c1c(OC)cnn1C. The summed E-state index contributed by atoms with van der Waals surface area (Å²) >= 11 is 0. The summed E-state index contributed by atoms with van der Waals surface area (Å²) < 4.78 is 7.30. The van der Waals surface area contributed by atoms with Gasteiger partial charge in [0.1, 0.15) is 0 Å². The second kappa shape index (κ2) is 8.97. The molecule has 1 atom stereocenters. The van der Waals surface area contributed by atoms with Crippen molar-refractivity contribution >= 4 is 0 Å². The van der Waals surface area contributed by atoms with Crippen LogP contribution in [0.3, 0.4) is 0 Å². The molecule has 0 radical (unpaired) electrons. The standard InChI is InChI=1S/C15H29N3O/c1-5-6-7-8-9-10-11-13(16-2)15-14(19-4)12-17-18(15)3/h12-13,16H,5-11H2,1-4H3. The Morgan fingerprint density at radius 3 is 2.58 bits per heavy atom. The number of hydrogen-bond donors (Lipinski definition) is 1. The lowest BCUT2D eigenvalue weighted by molar-refractivity contribution is 0.390. The smallest absolute Gasteiger partial charge is 0.161 e. The molecule has 0 fully saturated rings. The van der Waals surface area contributed by atoms with Crippen LogP contribution >= 0.6 is 0 Å². The molecule has 1 aromatic heterocycles. The van der Waals surface area contributed by atoms with Gasteiger partial charge in [-0.15, -0.1) is 0 Å². The van der Waals surface area contributed by atoms with Gasteiger partial charge in [0.05, 0.1) is 25.0 Å². The first-order valence-electron chi connectivity index (χ1n) is 7.47. The van der Waals surface area contributed by atoms with Gasteiger partial charge in [-0.05, 0) is 13.5 Å². The summed E-state index contributed by atoms with van der Waals surface area (Å²) in [4.78, 5) is 0. The van der Waals surface area contributed by atoms with Gasteiger partial charge in [-0.2, -0.15) is 5.10 Å². The van der Waals surface area contributed by atoms with E-state index in [1.807, 2.05) is 18.8 Å². The van der Waals surface area contributed by atoms with Gasteiger partial charge in [-0.1, -0.05) is 45.4 Å². The molecule has 0 bridgehead atoms. The average molecular weight is 267 g/mol. The van der Waals surface area contributed by atoms with Crippen LogP contribution in [0.1, 0.15) is 63.6 Å². The molecule has 0 amide bonds. The van der Waals surface area contributed by atoms with Gasteiger partial charge in [-0.25, -0.2) is 0 Å². The van der Waals surface area contributed by atoms with Gasteiger partial charge in [0, 0.05) is 7.05 Å². The van der Waals surface area contributed by atoms with Crippen molar-refractivity contribution in [1.82, 2.24) is 15.1 Å². The zero-order valence-corrected chi connectivity index (χ0v) is 12.9.